The second-order valence-corrected chi connectivity index (χ2v) is 4.36. The smallest absolute Gasteiger partial charge is 0.251 e. The third-order valence-electron chi connectivity index (χ3n) is 2.44. The van der Waals surface area contributed by atoms with Crippen LogP contribution >= 0.6 is 11.6 Å². The highest BCUT2D eigenvalue weighted by molar-refractivity contribution is 6.33. The van der Waals surface area contributed by atoms with Gasteiger partial charge in [-0.25, -0.2) is 0 Å². The van der Waals surface area contributed by atoms with Crippen LogP contribution in [0.2, 0.25) is 5.02 Å². The van der Waals surface area contributed by atoms with Gasteiger partial charge in [-0.05, 0) is 24.6 Å². The molecule has 1 aromatic rings. The zero-order valence-corrected chi connectivity index (χ0v) is 11.7. The summed E-state index contributed by atoms with van der Waals surface area (Å²) in [5.74, 6) is -0.166. The number of benzene rings is 1. The molecule has 0 bridgehead atoms. The van der Waals surface area contributed by atoms with Crippen LogP contribution in [0.4, 0.5) is 5.69 Å². The molecule has 1 aromatic carbocycles. The van der Waals surface area contributed by atoms with Gasteiger partial charge < -0.3 is 20.5 Å². The molecule has 0 aliphatic carbocycles. The first-order valence-corrected chi connectivity index (χ1v) is 6.43. The van der Waals surface area contributed by atoms with E-state index >= 15 is 0 Å². The highest BCUT2D eigenvalue weighted by atomic mass is 35.5. The van der Waals surface area contributed by atoms with E-state index in [1.165, 1.54) is 0 Å². The van der Waals surface area contributed by atoms with Crippen molar-refractivity contribution in [2.75, 3.05) is 39.2 Å². The molecule has 0 spiro atoms. The number of methoxy groups -OCH3 is 1. The molecule has 0 saturated heterocycles. The number of nitrogen functional groups attached to an aromatic ring is 1. The van der Waals surface area contributed by atoms with E-state index in [1.54, 1.807) is 25.3 Å². The highest BCUT2D eigenvalue weighted by Crippen LogP contribution is 2.19. The fraction of sp³-hybridized carbons (Fsp3) is 0.462. The van der Waals surface area contributed by atoms with Gasteiger partial charge >= 0.3 is 0 Å². The molecule has 1 amide bonds. The van der Waals surface area contributed by atoms with Crippen LogP contribution in [0.15, 0.2) is 18.2 Å². The van der Waals surface area contributed by atoms with E-state index in [0.717, 1.165) is 6.42 Å². The van der Waals surface area contributed by atoms with Gasteiger partial charge in [-0.2, -0.15) is 0 Å². The molecule has 0 heterocycles. The number of amides is 1. The Kier molecular flexibility index (Phi) is 7.25. The first kappa shape index (κ1) is 15.8. The molecule has 3 N–H and O–H groups in total. The number of hydrogen-bond acceptors (Lipinski definition) is 4. The van der Waals surface area contributed by atoms with Gasteiger partial charge in [0, 0.05) is 25.8 Å². The molecular formula is C13H19ClN2O3. The van der Waals surface area contributed by atoms with Crippen molar-refractivity contribution < 1.29 is 14.3 Å². The molecule has 0 unspecified atom stereocenters. The molecule has 0 saturated carbocycles. The van der Waals surface area contributed by atoms with Crippen molar-refractivity contribution in [1.29, 1.82) is 0 Å². The zero-order valence-electron chi connectivity index (χ0n) is 10.9. The minimum absolute atomic E-state index is 0.166. The molecule has 1 rings (SSSR count). The third kappa shape index (κ3) is 5.92. The van der Waals surface area contributed by atoms with Gasteiger partial charge in [0.05, 0.1) is 23.9 Å². The maximum atomic E-state index is 11.8. The topological polar surface area (TPSA) is 73.6 Å². The molecule has 0 aliphatic heterocycles. The van der Waals surface area contributed by atoms with Gasteiger partial charge in [0.25, 0.3) is 5.91 Å². The summed E-state index contributed by atoms with van der Waals surface area (Å²) in [6, 6.07) is 4.82. The Morgan fingerprint density at radius 3 is 2.84 bits per heavy atom. The lowest BCUT2D eigenvalue weighted by atomic mass is 10.2. The van der Waals surface area contributed by atoms with E-state index in [4.69, 9.17) is 26.8 Å². The van der Waals surface area contributed by atoms with Crippen LogP contribution in [0.3, 0.4) is 0 Å². The standard InChI is InChI=1S/C13H19ClN2O3/c1-18-7-8-19-6-2-5-16-13(17)10-3-4-11(14)12(15)9-10/h3-4,9H,2,5-8,15H2,1H3,(H,16,17). The van der Waals surface area contributed by atoms with E-state index in [2.05, 4.69) is 5.32 Å². The van der Waals surface area contributed by atoms with Crippen LogP contribution in [0.5, 0.6) is 0 Å². The van der Waals surface area contributed by atoms with E-state index in [1.807, 2.05) is 0 Å². The lowest BCUT2D eigenvalue weighted by Crippen LogP contribution is -2.25. The largest absolute Gasteiger partial charge is 0.398 e. The van der Waals surface area contributed by atoms with E-state index in [0.29, 0.717) is 42.6 Å². The second-order valence-electron chi connectivity index (χ2n) is 3.95. The minimum Gasteiger partial charge on any atom is -0.398 e. The first-order chi connectivity index (χ1) is 9.15. The number of halogens is 1. The molecule has 106 valence electrons. The van der Waals surface area contributed by atoms with Crippen molar-refractivity contribution in [3.63, 3.8) is 0 Å². The van der Waals surface area contributed by atoms with Crippen LogP contribution in [0.1, 0.15) is 16.8 Å². The Balaban J connectivity index is 2.22. The highest BCUT2D eigenvalue weighted by Gasteiger charge is 2.06. The first-order valence-electron chi connectivity index (χ1n) is 6.05. The van der Waals surface area contributed by atoms with Gasteiger partial charge in [0.2, 0.25) is 0 Å². The van der Waals surface area contributed by atoms with Crippen molar-refractivity contribution in [2.24, 2.45) is 0 Å². The molecule has 6 heteroatoms. The minimum atomic E-state index is -0.166. The number of hydrogen-bond donors (Lipinski definition) is 2. The summed E-state index contributed by atoms with van der Waals surface area (Å²) in [6.45, 7) is 2.29. The Morgan fingerprint density at radius 1 is 1.37 bits per heavy atom. The number of carbonyl (C=O) groups excluding carboxylic acids is 1. The summed E-state index contributed by atoms with van der Waals surface area (Å²) >= 11 is 5.79. The van der Waals surface area contributed by atoms with Crippen LogP contribution in [0, 0.1) is 0 Å². The quantitative estimate of drug-likeness (QED) is 0.563. The van der Waals surface area contributed by atoms with Crippen molar-refractivity contribution in [3.05, 3.63) is 28.8 Å². The SMILES string of the molecule is COCCOCCCNC(=O)c1ccc(Cl)c(N)c1. The summed E-state index contributed by atoms with van der Waals surface area (Å²) in [7, 11) is 1.63. The molecule has 0 aromatic heterocycles. The number of rotatable bonds is 8. The Labute approximate surface area is 118 Å². The van der Waals surface area contributed by atoms with E-state index < -0.39 is 0 Å². The summed E-state index contributed by atoms with van der Waals surface area (Å²) in [6.07, 6.45) is 0.749. The predicted octanol–water partition coefficient (Wildman–Crippen LogP) is 1.71. The van der Waals surface area contributed by atoms with Crippen LogP contribution in [0.25, 0.3) is 0 Å². The average molecular weight is 287 g/mol. The predicted molar refractivity (Wildman–Crippen MR) is 75.5 cm³/mol. The number of ether oxygens (including phenoxy) is 2. The van der Waals surface area contributed by atoms with Crippen molar-refractivity contribution in [1.82, 2.24) is 5.32 Å². The fourth-order valence-corrected chi connectivity index (χ4v) is 1.53. The van der Waals surface area contributed by atoms with Gasteiger partial charge in [0.15, 0.2) is 0 Å². The van der Waals surface area contributed by atoms with Crippen LogP contribution < -0.4 is 11.1 Å². The summed E-state index contributed by atoms with van der Waals surface area (Å²) in [5, 5.41) is 3.24. The normalized spacial score (nSPS) is 10.4. The maximum Gasteiger partial charge on any atom is 0.251 e. The van der Waals surface area contributed by atoms with Crippen molar-refractivity contribution >= 4 is 23.2 Å². The Hall–Kier alpha value is -1.30. The second kappa shape index (κ2) is 8.74. The number of nitrogens with two attached hydrogens (primary N) is 1. The monoisotopic (exact) mass is 286 g/mol. The molecule has 0 aliphatic rings. The Morgan fingerprint density at radius 2 is 2.16 bits per heavy atom. The molecule has 5 nitrogen and oxygen atoms in total. The van der Waals surface area contributed by atoms with Gasteiger partial charge in [0.1, 0.15) is 0 Å². The van der Waals surface area contributed by atoms with Crippen LogP contribution in [-0.2, 0) is 9.47 Å². The summed E-state index contributed by atoms with van der Waals surface area (Å²) in [4.78, 5) is 11.8. The van der Waals surface area contributed by atoms with Gasteiger partial charge in [-0.3, -0.25) is 4.79 Å². The molecule has 0 radical (unpaired) electrons. The van der Waals surface area contributed by atoms with Crippen molar-refractivity contribution in [3.8, 4) is 0 Å². The van der Waals surface area contributed by atoms with Gasteiger partial charge in [-0.15, -0.1) is 0 Å². The molecular weight excluding hydrogens is 268 g/mol. The third-order valence-corrected chi connectivity index (χ3v) is 2.79. The Bertz CT molecular complexity index is 413. The van der Waals surface area contributed by atoms with Crippen molar-refractivity contribution in [2.45, 2.75) is 6.42 Å². The summed E-state index contributed by atoms with van der Waals surface area (Å²) < 4.78 is 10.1. The fourth-order valence-electron chi connectivity index (χ4n) is 1.41. The van der Waals surface area contributed by atoms with E-state index in [-0.39, 0.29) is 5.91 Å². The number of carbonyl (C=O) groups is 1. The summed E-state index contributed by atoms with van der Waals surface area (Å²) in [5.41, 5.74) is 6.54. The number of anilines is 1. The van der Waals surface area contributed by atoms with Gasteiger partial charge in [-0.1, -0.05) is 11.6 Å². The lowest BCUT2D eigenvalue weighted by molar-refractivity contribution is 0.0688. The lowest BCUT2D eigenvalue weighted by Gasteiger charge is -2.07. The maximum absolute atomic E-state index is 11.8. The zero-order chi connectivity index (χ0) is 14.1. The molecule has 19 heavy (non-hydrogen) atoms. The molecule has 0 fully saturated rings. The number of nitrogens with one attached hydrogen (secondary N) is 1. The average Bonchev–Trinajstić information content (AvgIpc) is 2.40. The van der Waals surface area contributed by atoms with E-state index in [9.17, 15) is 4.79 Å². The van der Waals surface area contributed by atoms with Crippen LogP contribution in [-0.4, -0.2) is 39.4 Å². The molecule has 0 atom stereocenters.